The number of nitrogens with zero attached hydrogens (tertiary/aromatic N) is 2. The Labute approximate surface area is 80.1 Å². The highest BCUT2D eigenvalue weighted by Crippen LogP contribution is 2.09. The number of unbranched alkanes of at least 4 members (excludes halogenated alkanes) is 4. The van der Waals surface area contributed by atoms with Crippen LogP contribution < -0.4 is 5.73 Å². The lowest BCUT2D eigenvalue weighted by atomic mass is 10.0. The molecular formula is C10H17N3. The fourth-order valence-electron chi connectivity index (χ4n) is 1.18. The van der Waals surface area contributed by atoms with Gasteiger partial charge in [-0.15, -0.1) is 0 Å². The standard InChI is InChI=1S/C10H17N3/c11-7-5-3-1-2-4-6-10(8-12)9-13/h10H,1-7,11H2. The molecule has 0 radical (unpaired) electrons. The highest BCUT2D eigenvalue weighted by atomic mass is 14.5. The largest absolute Gasteiger partial charge is 0.330 e. The van der Waals surface area contributed by atoms with Crippen LogP contribution in [0.1, 0.15) is 38.5 Å². The third-order valence-electron chi connectivity index (χ3n) is 2.01. The molecule has 0 aliphatic heterocycles. The van der Waals surface area contributed by atoms with Gasteiger partial charge in [-0.25, -0.2) is 0 Å². The molecule has 0 aromatic heterocycles. The molecule has 2 N–H and O–H groups in total. The SMILES string of the molecule is N#CC(C#N)CCCCCCCN. The van der Waals surface area contributed by atoms with Gasteiger partial charge in [-0.2, -0.15) is 10.5 Å². The van der Waals surface area contributed by atoms with E-state index < -0.39 is 5.92 Å². The van der Waals surface area contributed by atoms with E-state index >= 15 is 0 Å². The Kier molecular flexibility index (Phi) is 8.30. The van der Waals surface area contributed by atoms with E-state index in [-0.39, 0.29) is 0 Å². The van der Waals surface area contributed by atoms with Crippen molar-refractivity contribution in [1.29, 1.82) is 10.5 Å². The molecule has 0 amide bonds. The lowest BCUT2D eigenvalue weighted by Crippen LogP contribution is -1.98. The molecule has 0 saturated carbocycles. The van der Waals surface area contributed by atoms with Crippen molar-refractivity contribution in [2.24, 2.45) is 11.7 Å². The van der Waals surface area contributed by atoms with Crippen molar-refractivity contribution in [3.63, 3.8) is 0 Å². The molecule has 72 valence electrons. The van der Waals surface area contributed by atoms with Crippen LogP contribution >= 0.6 is 0 Å². The molecule has 0 spiro atoms. The van der Waals surface area contributed by atoms with Crippen LogP contribution in [0.25, 0.3) is 0 Å². The molecule has 0 fully saturated rings. The summed E-state index contributed by atoms with van der Waals surface area (Å²) in [6.07, 6.45) is 6.23. The summed E-state index contributed by atoms with van der Waals surface area (Å²) < 4.78 is 0. The molecule has 0 aliphatic carbocycles. The quantitative estimate of drug-likeness (QED) is 0.607. The van der Waals surface area contributed by atoms with Gasteiger partial charge in [0.05, 0.1) is 12.1 Å². The molecule has 0 bridgehead atoms. The maximum absolute atomic E-state index is 8.48. The molecule has 0 saturated heterocycles. The van der Waals surface area contributed by atoms with Gasteiger partial charge in [-0.1, -0.05) is 25.7 Å². The number of nitriles is 2. The van der Waals surface area contributed by atoms with Crippen molar-refractivity contribution in [3.8, 4) is 12.1 Å². The minimum atomic E-state index is -0.408. The van der Waals surface area contributed by atoms with Gasteiger partial charge >= 0.3 is 0 Å². The van der Waals surface area contributed by atoms with Gasteiger partial charge in [0.25, 0.3) is 0 Å². The van der Waals surface area contributed by atoms with Crippen molar-refractivity contribution in [1.82, 2.24) is 0 Å². The highest BCUT2D eigenvalue weighted by molar-refractivity contribution is 4.98. The number of rotatable bonds is 7. The highest BCUT2D eigenvalue weighted by Gasteiger charge is 2.03. The lowest BCUT2D eigenvalue weighted by Gasteiger charge is -2.00. The summed E-state index contributed by atoms with van der Waals surface area (Å²) in [6.45, 7) is 0.763. The fraction of sp³-hybridized carbons (Fsp3) is 0.800. The smallest absolute Gasteiger partial charge is 0.133 e. The molecule has 0 rings (SSSR count). The van der Waals surface area contributed by atoms with Crippen molar-refractivity contribution in [2.75, 3.05) is 6.54 Å². The van der Waals surface area contributed by atoms with Crippen LogP contribution in [0, 0.1) is 28.6 Å². The first-order valence-corrected chi connectivity index (χ1v) is 4.84. The third kappa shape index (κ3) is 7.31. The van der Waals surface area contributed by atoms with Gasteiger partial charge in [0.2, 0.25) is 0 Å². The lowest BCUT2D eigenvalue weighted by molar-refractivity contribution is 0.576. The van der Waals surface area contributed by atoms with Gasteiger partial charge in [0, 0.05) is 0 Å². The maximum Gasteiger partial charge on any atom is 0.133 e. The van der Waals surface area contributed by atoms with Crippen LogP contribution in [0.15, 0.2) is 0 Å². The summed E-state index contributed by atoms with van der Waals surface area (Å²) in [5.41, 5.74) is 5.35. The molecule has 13 heavy (non-hydrogen) atoms. The number of hydrogen-bond donors (Lipinski definition) is 1. The molecule has 0 aromatic carbocycles. The Balaban J connectivity index is 3.17. The first kappa shape index (κ1) is 11.9. The van der Waals surface area contributed by atoms with Gasteiger partial charge < -0.3 is 5.73 Å². The molecule has 0 heterocycles. The maximum atomic E-state index is 8.48. The van der Waals surface area contributed by atoms with Crippen molar-refractivity contribution >= 4 is 0 Å². The van der Waals surface area contributed by atoms with Gasteiger partial charge in [0.1, 0.15) is 5.92 Å². The zero-order valence-corrected chi connectivity index (χ0v) is 8.00. The van der Waals surface area contributed by atoms with Gasteiger partial charge in [-0.3, -0.25) is 0 Å². The summed E-state index contributed by atoms with van der Waals surface area (Å²) >= 11 is 0. The predicted molar refractivity (Wildman–Crippen MR) is 51.5 cm³/mol. The molecular weight excluding hydrogens is 162 g/mol. The zero-order chi connectivity index (χ0) is 9.94. The normalized spacial score (nSPS) is 9.54. The van der Waals surface area contributed by atoms with E-state index in [0.29, 0.717) is 0 Å². The van der Waals surface area contributed by atoms with Crippen molar-refractivity contribution < 1.29 is 0 Å². The van der Waals surface area contributed by atoms with E-state index in [2.05, 4.69) is 0 Å². The Morgan fingerprint density at radius 2 is 1.46 bits per heavy atom. The van der Waals surface area contributed by atoms with Crippen molar-refractivity contribution in [3.05, 3.63) is 0 Å². The number of nitrogens with two attached hydrogens (primary N) is 1. The summed E-state index contributed by atoms with van der Waals surface area (Å²) in [6, 6.07) is 3.95. The Bertz CT molecular complexity index is 173. The Morgan fingerprint density at radius 1 is 0.923 bits per heavy atom. The average Bonchev–Trinajstić information content (AvgIpc) is 2.17. The van der Waals surface area contributed by atoms with E-state index in [0.717, 1.165) is 32.2 Å². The van der Waals surface area contributed by atoms with Crippen LogP contribution in [0.4, 0.5) is 0 Å². The minimum absolute atomic E-state index is 0.408. The third-order valence-corrected chi connectivity index (χ3v) is 2.01. The molecule has 0 aliphatic rings. The van der Waals surface area contributed by atoms with Crippen LogP contribution in [0.5, 0.6) is 0 Å². The van der Waals surface area contributed by atoms with Crippen LogP contribution in [0.2, 0.25) is 0 Å². The topological polar surface area (TPSA) is 73.6 Å². The monoisotopic (exact) mass is 179 g/mol. The second-order valence-electron chi connectivity index (χ2n) is 3.16. The minimum Gasteiger partial charge on any atom is -0.330 e. The fourth-order valence-corrected chi connectivity index (χ4v) is 1.18. The van der Waals surface area contributed by atoms with Crippen LogP contribution in [0.3, 0.4) is 0 Å². The van der Waals surface area contributed by atoms with Crippen LogP contribution in [-0.4, -0.2) is 6.54 Å². The average molecular weight is 179 g/mol. The summed E-state index contributed by atoms with van der Waals surface area (Å²) in [5, 5.41) is 17.0. The zero-order valence-electron chi connectivity index (χ0n) is 8.00. The van der Waals surface area contributed by atoms with E-state index in [9.17, 15) is 0 Å². The van der Waals surface area contributed by atoms with E-state index in [1.807, 2.05) is 12.1 Å². The molecule has 0 unspecified atom stereocenters. The summed E-state index contributed by atoms with van der Waals surface area (Å²) in [7, 11) is 0. The van der Waals surface area contributed by atoms with Crippen LogP contribution in [-0.2, 0) is 0 Å². The summed E-state index contributed by atoms with van der Waals surface area (Å²) in [4.78, 5) is 0. The Hall–Kier alpha value is -1.06. The number of hydrogen-bond acceptors (Lipinski definition) is 3. The second kappa shape index (κ2) is 9.03. The molecule has 3 nitrogen and oxygen atoms in total. The van der Waals surface area contributed by atoms with Gasteiger partial charge in [-0.05, 0) is 19.4 Å². The van der Waals surface area contributed by atoms with E-state index in [1.54, 1.807) is 0 Å². The molecule has 3 heteroatoms. The first-order valence-electron chi connectivity index (χ1n) is 4.84. The van der Waals surface area contributed by atoms with E-state index in [1.165, 1.54) is 12.8 Å². The van der Waals surface area contributed by atoms with E-state index in [4.69, 9.17) is 16.3 Å². The van der Waals surface area contributed by atoms with Crippen molar-refractivity contribution in [2.45, 2.75) is 38.5 Å². The van der Waals surface area contributed by atoms with Gasteiger partial charge in [0.15, 0.2) is 0 Å². The predicted octanol–water partition coefficient (Wildman–Crippen LogP) is 1.95. The Morgan fingerprint density at radius 3 is 2.00 bits per heavy atom. The second-order valence-corrected chi connectivity index (χ2v) is 3.16. The first-order chi connectivity index (χ1) is 6.35. The molecule has 0 aromatic rings. The summed E-state index contributed by atoms with van der Waals surface area (Å²) in [5.74, 6) is -0.408. The molecule has 0 atom stereocenters.